The first-order valence-electron chi connectivity index (χ1n) is 10.9. The predicted octanol–water partition coefficient (Wildman–Crippen LogP) is 3.47. The maximum absolute atomic E-state index is 12.8. The van der Waals surface area contributed by atoms with E-state index in [4.69, 9.17) is 5.10 Å². The molecule has 0 radical (unpaired) electrons. The van der Waals surface area contributed by atoms with Crippen LogP contribution in [0.3, 0.4) is 0 Å². The highest BCUT2D eigenvalue weighted by atomic mass is 16.2. The number of carbonyl (C=O) groups excluding carboxylic acids is 1. The van der Waals surface area contributed by atoms with Crippen molar-refractivity contribution in [2.75, 3.05) is 19.6 Å². The Morgan fingerprint density at radius 3 is 2.75 bits per heavy atom. The molecule has 2 fully saturated rings. The fourth-order valence-corrected chi connectivity index (χ4v) is 5.30. The number of fused-ring (bicyclic) bond motifs is 1. The maximum atomic E-state index is 12.8. The van der Waals surface area contributed by atoms with Gasteiger partial charge in [-0.2, -0.15) is 5.10 Å². The van der Waals surface area contributed by atoms with Gasteiger partial charge in [0.25, 0.3) is 0 Å². The average molecular weight is 379 g/mol. The summed E-state index contributed by atoms with van der Waals surface area (Å²) in [5.41, 5.74) is 5.28. The summed E-state index contributed by atoms with van der Waals surface area (Å²) in [5, 5.41) is 8.03. The molecule has 1 aliphatic carbocycles. The SMILES string of the molecule is O=C(C1CCCC1)N1CCC(c2n[nH]c3c2CN(Cc2ccccc2)CC3)C1. The molecule has 1 saturated carbocycles. The van der Waals surface area contributed by atoms with Gasteiger partial charge in [-0.1, -0.05) is 43.2 Å². The lowest BCUT2D eigenvalue weighted by Gasteiger charge is -2.27. The minimum Gasteiger partial charge on any atom is -0.342 e. The minimum absolute atomic E-state index is 0.285. The summed E-state index contributed by atoms with van der Waals surface area (Å²) in [4.78, 5) is 17.4. The molecular weight excluding hydrogens is 348 g/mol. The zero-order valence-electron chi connectivity index (χ0n) is 16.6. The molecule has 148 valence electrons. The van der Waals surface area contributed by atoms with Crippen molar-refractivity contribution >= 4 is 5.91 Å². The standard InChI is InChI=1S/C23H30N4O/c28-23(18-8-4-5-9-18)27-13-10-19(15-27)22-20-16-26(12-11-21(20)24-25-22)14-17-6-2-1-3-7-17/h1-3,6-7,18-19H,4-5,8-16H2,(H,24,25). The molecule has 28 heavy (non-hydrogen) atoms. The van der Waals surface area contributed by atoms with Crippen molar-refractivity contribution in [2.24, 2.45) is 5.92 Å². The van der Waals surface area contributed by atoms with Crippen molar-refractivity contribution in [1.82, 2.24) is 20.0 Å². The highest BCUT2D eigenvalue weighted by molar-refractivity contribution is 5.79. The van der Waals surface area contributed by atoms with Crippen LogP contribution in [0.4, 0.5) is 0 Å². The Hall–Kier alpha value is -2.14. The Kier molecular flexibility index (Phi) is 4.93. The van der Waals surface area contributed by atoms with Crippen molar-refractivity contribution < 1.29 is 4.79 Å². The average Bonchev–Trinajstić information content (AvgIpc) is 3.48. The van der Waals surface area contributed by atoms with Gasteiger partial charge in [-0.05, 0) is 24.8 Å². The Morgan fingerprint density at radius 1 is 1.11 bits per heavy atom. The van der Waals surface area contributed by atoms with Gasteiger partial charge < -0.3 is 4.90 Å². The van der Waals surface area contributed by atoms with Gasteiger partial charge in [0.1, 0.15) is 0 Å². The number of nitrogens with one attached hydrogen (secondary N) is 1. The molecule has 5 nitrogen and oxygen atoms in total. The van der Waals surface area contributed by atoms with E-state index in [2.05, 4.69) is 45.2 Å². The lowest BCUT2D eigenvalue weighted by molar-refractivity contribution is -0.134. The molecule has 5 rings (SSSR count). The van der Waals surface area contributed by atoms with Crippen molar-refractivity contribution in [3.05, 3.63) is 52.8 Å². The zero-order chi connectivity index (χ0) is 18.9. The molecule has 5 heteroatoms. The van der Waals surface area contributed by atoms with Gasteiger partial charge in [0.05, 0.1) is 5.69 Å². The third kappa shape index (κ3) is 3.48. The van der Waals surface area contributed by atoms with Gasteiger partial charge in [0.2, 0.25) is 5.91 Å². The van der Waals surface area contributed by atoms with Crippen molar-refractivity contribution in [1.29, 1.82) is 0 Å². The largest absolute Gasteiger partial charge is 0.342 e. The molecular formula is C23H30N4O. The van der Waals surface area contributed by atoms with Crippen LogP contribution in [0.15, 0.2) is 30.3 Å². The molecule has 0 spiro atoms. The summed E-state index contributed by atoms with van der Waals surface area (Å²) in [7, 11) is 0. The van der Waals surface area contributed by atoms with Crippen LogP contribution in [-0.4, -0.2) is 45.5 Å². The van der Waals surface area contributed by atoms with Gasteiger partial charge >= 0.3 is 0 Å². The molecule has 1 amide bonds. The lowest BCUT2D eigenvalue weighted by atomic mass is 9.96. The Morgan fingerprint density at radius 2 is 1.93 bits per heavy atom. The Balaban J connectivity index is 1.27. The van der Waals surface area contributed by atoms with Gasteiger partial charge in [-0.3, -0.25) is 14.8 Å². The number of nitrogens with zero attached hydrogens (tertiary/aromatic N) is 3. The number of H-pyrrole nitrogens is 1. The van der Waals surface area contributed by atoms with Crippen LogP contribution in [0.2, 0.25) is 0 Å². The summed E-state index contributed by atoms with van der Waals surface area (Å²) in [5.74, 6) is 1.07. The van der Waals surface area contributed by atoms with E-state index < -0.39 is 0 Å². The van der Waals surface area contributed by atoms with Crippen LogP contribution in [-0.2, 0) is 24.3 Å². The number of aromatic amines is 1. The molecule has 2 aliphatic heterocycles. The highest BCUT2D eigenvalue weighted by Crippen LogP contribution is 2.34. The number of amides is 1. The first-order chi connectivity index (χ1) is 13.8. The number of hydrogen-bond acceptors (Lipinski definition) is 3. The number of aromatic nitrogens is 2. The van der Waals surface area contributed by atoms with Crippen LogP contribution < -0.4 is 0 Å². The summed E-state index contributed by atoms with van der Waals surface area (Å²) in [6.07, 6.45) is 6.70. The van der Waals surface area contributed by atoms with E-state index in [9.17, 15) is 4.79 Å². The summed E-state index contributed by atoms with van der Waals surface area (Å²) in [6, 6.07) is 10.7. The van der Waals surface area contributed by atoms with Gasteiger partial charge in [0.15, 0.2) is 0 Å². The highest BCUT2D eigenvalue weighted by Gasteiger charge is 2.35. The molecule has 3 heterocycles. The number of rotatable bonds is 4. The van der Waals surface area contributed by atoms with E-state index in [-0.39, 0.29) is 5.92 Å². The van der Waals surface area contributed by atoms with Crippen LogP contribution >= 0.6 is 0 Å². The first kappa shape index (κ1) is 17.9. The second-order valence-corrected chi connectivity index (χ2v) is 8.76. The number of carbonyl (C=O) groups is 1. The summed E-state index contributed by atoms with van der Waals surface area (Å²) in [6.45, 7) is 4.77. The van der Waals surface area contributed by atoms with Crippen LogP contribution in [0.1, 0.15) is 60.5 Å². The number of hydrogen-bond donors (Lipinski definition) is 1. The van der Waals surface area contributed by atoms with E-state index in [1.54, 1.807) is 0 Å². The topological polar surface area (TPSA) is 52.2 Å². The first-order valence-corrected chi connectivity index (χ1v) is 10.9. The third-order valence-corrected chi connectivity index (χ3v) is 6.88. The molecule has 2 aromatic rings. The zero-order valence-corrected chi connectivity index (χ0v) is 16.6. The maximum Gasteiger partial charge on any atom is 0.225 e. The van der Waals surface area contributed by atoms with E-state index in [0.717, 1.165) is 58.4 Å². The van der Waals surface area contributed by atoms with Crippen molar-refractivity contribution in [3.8, 4) is 0 Å². The monoisotopic (exact) mass is 378 g/mol. The second-order valence-electron chi connectivity index (χ2n) is 8.76. The van der Waals surface area contributed by atoms with Crippen molar-refractivity contribution in [3.63, 3.8) is 0 Å². The quantitative estimate of drug-likeness (QED) is 0.886. The molecule has 0 bridgehead atoms. The van der Waals surface area contributed by atoms with Gasteiger partial charge in [-0.25, -0.2) is 0 Å². The molecule has 1 aromatic carbocycles. The summed E-state index contributed by atoms with van der Waals surface area (Å²) >= 11 is 0. The molecule has 3 aliphatic rings. The fraction of sp³-hybridized carbons (Fsp3) is 0.565. The minimum atomic E-state index is 0.285. The van der Waals surface area contributed by atoms with Crippen LogP contribution in [0, 0.1) is 5.92 Å². The molecule has 1 saturated heterocycles. The fourth-order valence-electron chi connectivity index (χ4n) is 5.30. The smallest absolute Gasteiger partial charge is 0.225 e. The van der Waals surface area contributed by atoms with Crippen LogP contribution in [0.25, 0.3) is 0 Å². The molecule has 1 atom stereocenters. The van der Waals surface area contributed by atoms with E-state index in [0.29, 0.717) is 11.8 Å². The third-order valence-electron chi connectivity index (χ3n) is 6.88. The van der Waals surface area contributed by atoms with Gasteiger partial charge in [0, 0.05) is 62.2 Å². The molecule has 1 unspecified atom stereocenters. The van der Waals surface area contributed by atoms with Crippen LogP contribution in [0.5, 0.6) is 0 Å². The van der Waals surface area contributed by atoms with Gasteiger partial charge in [-0.15, -0.1) is 0 Å². The normalized spacial score (nSPS) is 23.3. The Labute approximate surface area is 167 Å². The van der Waals surface area contributed by atoms with E-state index in [1.807, 2.05) is 0 Å². The molecule has 1 N–H and O–H groups in total. The van der Waals surface area contributed by atoms with Crippen molar-refractivity contribution in [2.45, 2.75) is 57.5 Å². The molecule has 1 aromatic heterocycles. The lowest BCUT2D eigenvalue weighted by Crippen LogP contribution is -2.33. The van der Waals surface area contributed by atoms with E-state index >= 15 is 0 Å². The van der Waals surface area contributed by atoms with E-state index in [1.165, 1.54) is 35.4 Å². The second kappa shape index (κ2) is 7.70. The number of likely N-dealkylation sites (tertiary alicyclic amines) is 1. The predicted molar refractivity (Wildman–Crippen MR) is 109 cm³/mol. The number of benzene rings is 1. The Bertz CT molecular complexity index is 824. The summed E-state index contributed by atoms with van der Waals surface area (Å²) < 4.78 is 0.